The van der Waals surface area contributed by atoms with Crippen molar-refractivity contribution in [1.29, 1.82) is 0 Å². The van der Waals surface area contributed by atoms with E-state index in [-0.39, 0.29) is 24.1 Å². The van der Waals surface area contributed by atoms with Gasteiger partial charge in [-0.25, -0.2) is 0 Å². The van der Waals surface area contributed by atoms with Crippen LogP contribution in [0.4, 0.5) is 0 Å². The van der Waals surface area contributed by atoms with Crippen LogP contribution >= 0.6 is 45.2 Å². The first-order chi connectivity index (χ1) is 7.12. The Morgan fingerprint density at radius 1 is 1.07 bits per heavy atom. The molecule has 0 aromatic rings. The van der Waals surface area contributed by atoms with E-state index in [0.717, 1.165) is 8.86 Å². The van der Waals surface area contributed by atoms with Crippen molar-refractivity contribution in [3.8, 4) is 0 Å². The minimum atomic E-state index is -0.980. The predicted molar refractivity (Wildman–Crippen MR) is 69.2 cm³/mol. The number of esters is 2. The first kappa shape index (κ1) is 11.9. The molecule has 2 rings (SSSR count). The van der Waals surface area contributed by atoms with Gasteiger partial charge >= 0.3 is 11.9 Å². The minimum Gasteiger partial charge on any atom is -0.461 e. The molecular weight excluding hydrogens is 426 g/mol. The highest BCUT2D eigenvalue weighted by Crippen LogP contribution is 2.45. The minimum absolute atomic E-state index is 0.126. The Bertz CT molecular complexity index is 274. The van der Waals surface area contributed by atoms with E-state index in [2.05, 4.69) is 45.2 Å². The highest BCUT2D eigenvalue weighted by Gasteiger charge is 2.60. The molecule has 6 heteroatoms. The molecule has 4 nitrogen and oxygen atoms in total. The number of halogens is 2. The Balaban J connectivity index is 2.20. The molecule has 0 aromatic carbocycles. The summed E-state index contributed by atoms with van der Waals surface area (Å²) in [5, 5.41) is 0. The molecule has 2 aliphatic heterocycles. The Labute approximate surface area is 115 Å². The van der Waals surface area contributed by atoms with Gasteiger partial charge in [0.1, 0.15) is 12.2 Å². The monoisotopic (exact) mass is 436 g/mol. The van der Waals surface area contributed by atoms with Gasteiger partial charge < -0.3 is 9.47 Å². The molecule has 84 valence electrons. The molecule has 0 unspecified atom stereocenters. The summed E-state index contributed by atoms with van der Waals surface area (Å²) in [4.78, 5) is 23.4. The van der Waals surface area contributed by atoms with Crippen molar-refractivity contribution in [2.75, 3.05) is 8.86 Å². The van der Waals surface area contributed by atoms with Crippen molar-refractivity contribution < 1.29 is 19.1 Å². The van der Waals surface area contributed by atoms with Crippen molar-refractivity contribution >= 4 is 57.1 Å². The number of carbonyl (C=O) groups excluding carboxylic acids is 2. The lowest BCUT2D eigenvalue weighted by Gasteiger charge is -2.10. The molecule has 2 aliphatic rings. The maximum absolute atomic E-state index is 11.7. The fourth-order valence-corrected chi connectivity index (χ4v) is 3.04. The van der Waals surface area contributed by atoms with E-state index in [1.54, 1.807) is 0 Å². The Morgan fingerprint density at radius 3 is 1.73 bits per heavy atom. The van der Waals surface area contributed by atoms with Crippen LogP contribution in [0, 0.1) is 5.41 Å². The summed E-state index contributed by atoms with van der Waals surface area (Å²) in [7, 11) is 0. The summed E-state index contributed by atoms with van der Waals surface area (Å²) in [6.45, 7) is 0. The molecule has 2 atom stereocenters. The normalized spacial score (nSPS) is 33.2. The maximum atomic E-state index is 11.7. The van der Waals surface area contributed by atoms with E-state index in [0.29, 0.717) is 12.8 Å². The van der Waals surface area contributed by atoms with Crippen molar-refractivity contribution in [3.63, 3.8) is 0 Å². The zero-order valence-electron chi connectivity index (χ0n) is 7.87. The highest BCUT2D eigenvalue weighted by atomic mass is 127. The molecule has 2 saturated heterocycles. The number of rotatable bonds is 2. The average molecular weight is 436 g/mol. The molecule has 0 bridgehead atoms. The van der Waals surface area contributed by atoms with Gasteiger partial charge in [-0.15, -0.1) is 0 Å². The lowest BCUT2D eigenvalue weighted by molar-refractivity contribution is -0.158. The summed E-state index contributed by atoms with van der Waals surface area (Å²) in [5.74, 6) is -0.775. The van der Waals surface area contributed by atoms with Gasteiger partial charge in [0.25, 0.3) is 0 Å². The zero-order chi connectivity index (χ0) is 11.1. The van der Waals surface area contributed by atoms with E-state index in [1.165, 1.54) is 0 Å². The van der Waals surface area contributed by atoms with Gasteiger partial charge in [-0.05, 0) is 0 Å². The van der Waals surface area contributed by atoms with Crippen LogP contribution in [0.25, 0.3) is 0 Å². The molecule has 2 heterocycles. The average Bonchev–Trinajstić information content (AvgIpc) is 2.71. The second kappa shape index (κ2) is 4.34. The molecule has 0 radical (unpaired) electrons. The number of cyclic esters (lactones) is 2. The largest absolute Gasteiger partial charge is 0.461 e. The van der Waals surface area contributed by atoms with E-state index >= 15 is 0 Å². The smallest absolute Gasteiger partial charge is 0.324 e. The third kappa shape index (κ3) is 1.87. The molecule has 0 amide bonds. The van der Waals surface area contributed by atoms with Gasteiger partial charge in [-0.3, -0.25) is 9.59 Å². The molecular formula is C9H10I2O4. The second-order valence-electron chi connectivity index (χ2n) is 3.85. The van der Waals surface area contributed by atoms with E-state index in [1.807, 2.05) is 0 Å². The summed E-state index contributed by atoms with van der Waals surface area (Å²) in [6.07, 6.45) is 0.721. The van der Waals surface area contributed by atoms with Gasteiger partial charge in [-0.2, -0.15) is 0 Å². The number of hydrogen-bond acceptors (Lipinski definition) is 4. The van der Waals surface area contributed by atoms with Crippen LogP contribution in [-0.4, -0.2) is 33.0 Å². The van der Waals surface area contributed by atoms with Crippen LogP contribution < -0.4 is 0 Å². The fourth-order valence-electron chi connectivity index (χ4n) is 2.06. The van der Waals surface area contributed by atoms with E-state index in [4.69, 9.17) is 9.47 Å². The topological polar surface area (TPSA) is 52.6 Å². The van der Waals surface area contributed by atoms with Crippen molar-refractivity contribution in [1.82, 2.24) is 0 Å². The third-order valence-electron chi connectivity index (χ3n) is 2.83. The molecule has 15 heavy (non-hydrogen) atoms. The molecule has 2 fully saturated rings. The quantitative estimate of drug-likeness (QED) is 0.285. The van der Waals surface area contributed by atoms with Gasteiger partial charge in [0.2, 0.25) is 0 Å². The van der Waals surface area contributed by atoms with Crippen LogP contribution in [0.1, 0.15) is 12.8 Å². The molecule has 0 aliphatic carbocycles. The lowest BCUT2D eigenvalue weighted by Crippen LogP contribution is -2.31. The third-order valence-corrected chi connectivity index (χ3v) is 4.79. The number of carbonyl (C=O) groups is 2. The standard InChI is InChI=1S/C9H10I2O4/c10-3-5-1-9(7(12)14-5)2-6(4-11)15-8(9)13/h5-6H,1-4H2/t5-,6-,9?/m1/s1. The number of hydrogen-bond donors (Lipinski definition) is 0. The Hall–Kier alpha value is 0.400. The fraction of sp³-hybridized carbons (Fsp3) is 0.778. The second-order valence-corrected chi connectivity index (χ2v) is 5.62. The van der Waals surface area contributed by atoms with Gasteiger partial charge in [0, 0.05) is 21.7 Å². The maximum Gasteiger partial charge on any atom is 0.324 e. The van der Waals surface area contributed by atoms with E-state index < -0.39 is 5.41 Å². The zero-order valence-corrected chi connectivity index (χ0v) is 12.2. The molecule has 0 saturated carbocycles. The van der Waals surface area contributed by atoms with Gasteiger partial charge in [-0.1, -0.05) is 45.2 Å². The van der Waals surface area contributed by atoms with Crippen molar-refractivity contribution in [2.24, 2.45) is 5.41 Å². The van der Waals surface area contributed by atoms with Crippen LogP contribution in [0.15, 0.2) is 0 Å². The Kier molecular flexibility index (Phi) is 3.44. The van der Waals surface area contributed by atoms with Gasteiger partial charge in [0.05, 0.1) is 0 Å². The van der Waals surface area contributed by atoms with Crippen LogP contribution in [0.3, 0.4) is 0 Å². The Morgan fingerprint density at radius 2 is 1.47 bits per heavy atom. The van der Waals surface area contributed by atoms with Crippen LogP contribution in [-0.2, 0) is 19.1 Å². The summed E-state index contributed by atoms with van der Waals surface area (Å²) >= 11 is 4.32. The highest BCUT2D eigenvalue weighted by molar-refractivity contribution is 14.1. The van der Waals surface area contributed by atoms with Crippen LogP contribution in [0.2, 0.25) is 0 Å². The summed E-state index contributed by atoms with van der Waals surface area (Å²) in [6, 6.07) is 0. The van der Waals surface area contributed by atoms with Crippen molar-refractivity contribution in [3.05, 3.63) is 0 Å². The number of ether oxygens (including phenoxy) is 2. The molecule has 0 N–H and O–H groups in total. The summed E-state index contributed by atoms with van der Waals surface area (Å²) in [5.41, 5.74) is -0.980. The number of alkyl halides is 2. The molecule has 1 spiro atoms. The molecule has 0 aromatic heterocycles. The lowest BCUT2D eigenvalue weighted by atomic mass is 9.82. The SMILES string of the molecule is O=C1O[C@@H](CI)CC12C[C@H](CI)OC2=O. The first-order valence-electron chi connectivity index (χ1n) is 4.66. The van der Waals surface area contributed by atoms with Gasteiger partial charge in [0.15, 0.2) is 5.41 Å². The predicted octanol–water partition coefficient (Wildman–Crippen LogP) is 1.47. The van der Waals surface area contributed by atoms with Crippen LogP contribution in [0.5, 0.6) is 0 Å². The summed E-state index contributed by atoms with van der Waals surface area (Å²) < 4.78 is 11.8. The van der Waals surface area contributed by atoms with Crippen molar-refractivity contribution in [2.45, 2.75) is 25.0 Å². The first-order valence-corrected chi connectivity index (χ1v) is 7.71. The van der Waals surface area contributed by atoms with E-state index in [9.17, 15) is 9.59 Å².